The van der Waals surface area contributed by atoms with Crippen molar-refractivity contribution < 1.29 is 9.90 Å². The first kappa shape index (κ1) is 9.06. The summed E-state index contributed by atoms with van der Waals surface area (Å²) in [5.41, 5.74) is 3.61. The molecule has 0 saturated carbocycles. The number of carboxylic acid groups (broad SMARTS) is 1. The van der Waals surface area contributed by atoms with Gasteiger partial charge in [-0.05, 0) is 36.5 Å². The van der Waals surface area contributed by atoms with Crippen molar-refractivity contribution in [3.05, 3.63) is 29.1 Å². The van der Waals surface area contributed by atoms with Gasteiger partial charge in [-0.25, -0.2) is 0 Å². The van der Waals surface area contributed by atoms with E-state index in [0.717, 1.165) is 24.1 Å². The Morgan fingerprint density at radius 1 is 1.57 bits per heavy atom. The first-order valence-corrected chi connectivity index (χ1v) is 4.85. The minimum Gasteiger partial charge on any atom is -0.481 e. The van der Waals surface area contributed by atoms with E-state index in [1.165, 1.54) is 5.56 Å². The van der Waals surface area contributed by atoms with Crippen LogP contribution in [0.15, 0.2) is 12.3 Å². The number of rotatable bonds is 3. The predicted octanol–water partition coefficient (Wildman–Crippen LogP) is 1.99. The number of fused-ring (bicyclic) bond motifs is 1. The molecule has 0 aromatic carbocycles. The lowest BCUT2D eigenvalue weighted by molar-refractivity contribution is -0.136. The lowest BCUT2D eigenvalue weighted by Gasteiger charge is -2.06. The minimum absolute atomic E-state index is 0.216. The van der Waals surface area contributed by atoms with Gasteiger partial charge in [0.1, 0.15) is 0 Å². The van der Waals surface area contributed by atoms with Gasteiger partial charge in [0.05, 0.1) is 0 Å². The second-order valence-corrected chi connectivity index (χ2v) is 3.54. The summed E-state index contributed by atoms with van der Waals surface area (Å²) in [5, 5.41) is 8.59. The van der Waals surface area contributed by atoms with E-state index in [9.17, 15) is 4.79 Å². The van der Waals surface area contributed by atoms with Crippen LogP contribution in [-0.4, -0.2) is 16.1 Å². The molecule has 0 saturated heterocycles. The lowest BCUT2D eigenvalue weighted by atomic mass is 9.98. The topological polar surface area (TPSA) is 53.1 Å². The molecule has 1 aliphatic rings. The van der Waals surface area contributed by atoms with E-state index >= 15 is 0 Å². The van der Waals surface area contributed by atoms with Crippen LogP contribution in [0.2, 0.25) is 0 Å². The zero-order valence-electron chi connectivity index (χ0n) is 7.92. The molecule has 0 radical (unpaired) electrons. The van der Waals surface area contributed by atoms with Crippen LogP contribution in [0.25, 0.3) is 6.08 Å². The molecule has 0 spiro atoms. The van der Waals surface area contributed by atoms with Crippen LogP contribution in [-0.2, 0) is 17.6 Å². The Morgan fingerprint density at radius 3 is 3.21 bits per heavy atom. The fourth-order valence-electron chi connectivity index (χ4n) is 1.85. The zero-order chi connectivity index (χ0) is 9.97. The van der Waals surface area contributed by atoms with E-state index in [1.54, 1.807) is 0 Å². The maximum absolute atomic E-state index is 10.4. The Balaban J connectivity index is 2.15. The van der Waals surface area contributed by atoms with Crippen molar-refractivity contribution in [2.75, 3.05) is 0 Å². The smallest absolute Gasteiger partial charge is 0.303 e. The first-order valence-electron chi connectivity index (χ1n) is 4.85. The third-order valence-electron chi connectivity index (χ3n) is 2.57. The molecule has 1 aromatic heterocycles. The van der Waals surface area contributed by atoms with Gasteiger partial charge in [0.25, 0.3) is 0 Å². The Morgan fingerprint density at radius 2 is 2.43 bits per heavy atom. The highest BCUT2D eigenvalue weighted by Gasteiger charge is 2.12. The standard InChI is InChI=1S/C11H13NO2/c13-11(14)6-5-8-7-12-10-4-2-1-3-9(8)10/h2,4,7,12H,1,3,5-6H2,(H,13,14). The van der Waals surface area contributed by atoms with Crippen molar-refractivity contribution in [1.82, 2.24) is 4.98 Å². The van der Waals surface area contributed by atoms with Crippen molar-refractivity contribution in [3.8, 4) is 0 Å². The lowest BCUT2D eigenvalue weighted by Crippen LogP contribution is -2.00. The fourth-order valence-corrected chi connectivity index (χ4v) is 1.85. The number of aliphatic carboxylic acids is 1. The van der Waals surface area contributed by atoms with Crippen LogP contribution < -0.4 is 0 Å². The number of aromatic nitrogens is 1. The molecule has 2 rings (SSSR count). The second-order valence-electron chi connectivity index (χ2n) is 3.54. The number of carbonyl (C=O) groups is 1. The third kappa shape index (κ3) is 1.71. The first-order chi connectivity index (χ1) is 6.77. The van der Waals surface area contributed by atoms with Gasteiger partial charge in [-0.2, -0.15) is 0 Å². The molecule has 0 atom stereocenters. The summed E-state index contributed by atoms with van der Waals surface area (Å²) in [6.45, 7) is 0. The Hall–Kier alpha value is -1.51. The molecule has 3 heteroatoms. The SMILES string of the molecule is O=C(O)CCc1c[nH]c2c1CCC=C2. The van der Waals surface area contributed by atoms with Crippen molar-refractivity contribution in [1.29, 1.82) is 0 Å². The molecule has 74 valence electrons. The second kappa shape index (κ2) is 3.70. The number of hydrogen-bond acceptors (Lipinski definition) is 1. The van der Waals surface area contributed by atoms with E-state index in [0.29, 0.717) is 6.42 Å². The summed E-state index contributed by atoms with van der Waals surface area (Å²) in [7, 11) is 0. The van der Waals surface area contributed by atoms with Crippen LogP contribution in [0.5, 0.6) is 0 Å². The monoisotopic (exact) mass is 191 g/mol. The molecule has 0 amide bonds. The van der Waals surface area contributed by atoms with E-state index in [1.807, 2.05) is 6.20 Å². The molecule has 14 heavy (non-hydrogen) atoms. The van der Waals surface area contributed by atoms with Crippen LogP contribution in [0.1, 0.15) is 29.7 Å². The molecular formula is C11H13NO2. The predicted molar refractivity (Wildman–Crippen MR) is 54.1 cm³/mol. The number of aromatic amines is 1. The number of hydrogen-bond donors (Lipinski definition) is 2. The van der Waals surface area contributed by atoms with Gasteiger partial charge in [0.2, 0.25) is 0 Å². The van der Waals surface area contributed by atoms with Crippen molar-refractivity contribution in [2.24, 2.45) is 0 Å². The Labute approximate surface area is 82.5 Å². The largest absolute Gasteiger partial charge is 0.481 e. The number of allylic oxidation sites excluding steroid dienone is 1. The molecule has 0 fully saturated rings. The van der Waals surface area contributed by atoms with E-state index in [4.69, 9.17) is 5.11 Å². The summed E-state index contributed by atoms with van der Waals surface area (Å²) in [5.74, 6) is -0.730. The van der Waals surface area contributed by atoms with Gasteiger partial charge in [-0.15, -0.1) is 0 Å². The maximum Gasteiger partial charge on any atom is 0.303 e. The maximum atomic E-state index is 10.4. The minimum atomic E-state index is -0.730. The van der Waals surface area contributed by atoms with E-state index < -0.39 is 5.97 Å². The average Bonchev–Trinajstić information content (AvgIpc) is 2.58. The molecule has 0 aliphatic heterocycles. The molecule has 1 aliphatic carbocycles. The van der Waals surface area contributed by atoms with Gasteiger partial charge in [-0.3, -0.25) is 4.79 Å². The zero-order valence-corrected chi connectivity index (χ0v) is 7.92. The summed E-state index contributed by atoms with van der Waals surface area (Å²) in [6, 6.07) is 0. The average molecular weight is 191 g/mol. The molecular weight excluding hydrogens is 178 g/mol. The van der Waals surface area contributed by atoms with Crippen molar-refractivity contribution >= 4 is 12.0 Å². The number of carboxylic acids is 1. The molecule has 1 heterocycles. The molecule has 3 nitrogen and oxygen atoms in total. The quantitative estimate of drug-likeness (QED) is 0.767. The highest BCUT2D eigenvalue weighted by atomic mass is 16.4. The van der Waals surface area contributed by atoms with Gasteiger partial charge in [0.15, 0.2) is 0 Å². The fraction of sp³-hybridized carbons (Fsp3) is 0.364. The van der Waals surface area contributed by atoms with Gasteiger partial charge in [-0.1, -0.05) is 6.08 Å². The van der Waals surface area contributed by atoms with Gasteiger partial charge >= 0.3 is 5.97 Å². The summed E-state index contributed by atoms with van der Waals surface area (Å²) >= 11 is 0. The molecule has 0 bridgehead atoms. The number of nitrogens with one attached hydrogen (secondary N) is 1. The Kier molecular flexibility index (Phi) is 2.39. The van der Waals surface area contributed by atoms with E-state index in [-0.39, 0.29) is 6.42 Å². The summed E-state index contributed by atoms with van der Waals surface area (Å²) in [6.07, 6.45) is 9.09. The summed E-state index contributed by atoms with van der Waals surface area (Å²) < 4.78 is 0. The highest BCUT2D eigenvalue weighted by Crippen LogP contribution is 2.22. The van der Waals surface area contributed by atoms with Crippen molar-refractivity contribution in [3.63, 3.8) is 0 Å². The third-order valence-corrected chi connectivity index (χ3v) is 2.57. The van der Waals surface area contributed by atoms with Crippen LogP contribution in [0.3, 0.4) is 0 Å². The molecule has 1 aromatic rings. The number of H-pyrrole nitrogens is 1. The van der Waals surface area contributed by atoms with Crippen LogP contribution in [0.4, 0.5) is 0 Å². The van der Waals surface area contributed by atoms with Gasteiger partial charge in [0, 0.05) is 18.3 Å². The normalized spacial score (nSPS) is 14.0. The van der Waals surface area contributed by atoms with Gasteiger partial charge < -0.3 is 10.1 Å². The van der Waals surface area contributed by atoms with Crippen LogP contribution in [0, 0.1) is 0 Å². The highest BCUT2D eigenvalue weighted by molar-refractivity contribution is 5.67. The molecule has 2 N–H and O–H groups in total. The van der Waals surface area contributed by atoms with Crippen molar-refractivity contribution in [2.45, 2.75) is 25.7 Å². The van der Waals surface area contributed by atoms with E-state index in [2.05, 4.69) is 17.1 Å². The van der Waals surface area contributed by atoms with Crippen LogP contribution >= 0.6 is 0 Å². The Bertz CT molecular complexity index is 377. The molecule has 0 unspecified atom stereocenters. The number of aryl methyl sites for hydroxylation is 1. The summed E-state index contributed by atoms with van der Waals surface area (Å²) in [4.78, 5) is 13.6.